The van der Waals surface area contributed by atoms with Gasteiger partial charge in [-0.05, 0) is 35.9 Å². The zero-order valence-electron chi connectivity index (χ0n) is 15.5. The van der Waals surface area contributed by atoms with Crippen LogP contribution < -0.4 is 5.56 Å². The summed E-state index contributed by atoms with van der Waals surface area (Å²) < 4.78 is 3.32. The third-order valence-corrected chi connectivity index (χ3v) is 4.79. The quantitative estimate of drug-likeness (QED) is 0.478. The molecule has 6 heteroatoms. The van der Waals surface area contributed by atoms with Crippen molar-refractivity contribution >= 4 is 5.52 Å². The highest BCUT2D eigenvalue weighted by molar-refractivity contribution is 5.90. The van der Waals surface area contributed by atoms with Crippen molar-refractivity contribution in [1.29, 1.82) is 0 Å². The van der Waals surface area contributed by atoms with Crippen molar-refractivity contribution in [2.45, 2.75) is 6.54 Å². The first-order chi connectivity index (χ1) is 14.3. The molecule has 0 bridgehead atoms. The fourth-order valence-corrected chi connectivity index (χ4v) is 3.41. The fraction of sp³-hybridized carbons (Fsp3) is 0.0435. The van der Waals surface area contributed by atoms with Crippen molar-refractivity contribution in [3.05, 3.63) is 107 Å². The third kappa shape index (κ3) is 3.21. The summed E-state index contributed by atoms with van der Waals surface area (Å²) in [5, 5.41) is 9.45. The van der Waals surface area contributed by atoms with Gasteiger partial charge in [0.1, 0.15) is 5.69 Å². The summed E-state index contributed by atoms with van der Waals surface area (Å²) in [6, 6.07) is 23.0. The topological polar surface area (TPSA) is 65.1 Å². The molecule has 1 aromatic carbocycles. The van der Waals surface area contributed by atoms with Crippen LogP contribution in [0.3, 0.4) is 0 Å². The zero-order chi connectivity index (χ0) is 19.6. The molecular weight excluding hydrogens is 362 g/mol. The number of benzene rings is 1. The predicted molar refractivity (Wildman–Crippen MR) is 111 cm³/mol. The van der Waals surface area contributed by atoms with Gasteiger partial charge in [0.2, 0.25) is 0 Å². The van der Waals surface area contributed by atoms with Crippen molar-refractivity contribution in [2.75, 3.05) is 0 Å². The Labute approximate surface area is 166 Å². The molecule has 6 nitrogen and oxygen atoms in total. The molecule has 0 amide bonds. The van der Waals surface area contributed by atoms with Gasteiger partial charge in [-0.15, -0.1) is 0 Å². The Morgan fingerprint density at radius 1 is 0.793 bits per heavy atom. The van der Waals surface area contributed by atoms with Crippen LogP contribution in [0.25, 0.3) is 28.0 Å². The van der Waals surface area contributed by atoms with E-state index in [4.69, 9.17) is 5.10 Å². The minimum absolute atomic E-state index is 0.150. The standard InChI is InChI=1S/C23H17N5O/c29-21-10-9-19(25-28(21)16-17-11-13-24-14-12-17)22-20-8-4-5-15-27(20)26-23(22)18-6-2-1-3-7-18/h1-15H,16H2. The van der Waals surface area contributed by atoms with Crippen LogP contribution in [-0.4, -0.2) is 24.4 Å². The van der Waals surface area contributed by atoms with Crippen LogP contribution in [0.2, 0.25) is 0 Å². The van der Waals surface area contributed by atoms with E-state index in [2.05, 4.69) is 10.1 Å². The highest BCUT2D eigenvalue weighted by Crippen LogP contribution is 2.33. The second-order valence-electron chi connectivity index (χ2n) is 6.69. The average Bonchev–Trinajstić information content (AvgIpc) is 3.16. The molecule has 0 unspecified atom stereocenters. The van der Waals surface area contributed by atoms with Crippen LogP contribution in [0.15, 0.2) is 96.2 Å². The Morgan fingerprint density at radius 3 is 2.41 bits per heavy atom. The molecule has 140 valence electrons. The summed E-state index contributed by atoms with van der Waals surface area (Å²) in [6.45, 7) is 0.384. The minimum atomic E-state index is -0.150. The Morgan fingerprint density at radius 2 is 1.59 bits per heavy atom. The van der Waals surface area contributed by atoms with Crippen LogP contribution in [-0.2, 0) is 6.54 Å². The monoisotopic (exact) mass is 379 g/mol. The Bertz CT molecular complexity index is 1340. The normalized spacial score (nSPS) is 11.0. The second-order valence-corrected chi connectivity index (χ2v) is 6.69. The second kappa shape index (κ2) is 7.16. The highest BCUT2D eigenvalue weighted by Gasteiger charge is 2.18. The van der Waals surface area contributed by atoms with E-state index in [0.717, 1.165) is 27.9 Å². The smallest absolute Gasteiger partial charge is 0.267 e. The van der Waals surface area contributed by atoms with Crippen molar-refractivity contribution in [3.8, 4) is 22.5 Å². The lowest BCUT2D eigenvalue weighted by Crippen LogP contribution is -2.22. The van der Waals surface area contributed by atoms with Crippen LogP contribution in [0.4, 0.5) is 0 Å². The molecule has 0 atom stereocenters. The first-order valence-electron chi connectivity index (χ1n) is 9.30. The van der Waals surface area contributed by atoms with Gasteiger partial charge < -0.3 is 0 Å². The number of rotatable bonds is 4. The molecule has 4 aromatic heterocycles. The van der Waals surface area contributed by atoms with Crippen LogP contribution in [0.1, 0.15) is 5.56 Å². The molecule has 0 fully saturated rings. The molecule has 0 saturated heterocycles. The van der Waals surface area contributed by atoms with E-state index < -0.39 is 0 Å². The van der Waals surface area contributed by atoms with Crippen LogP contribution in [0.5, 0.6) is 0 Å². The van der Waals surface area contributed by atoms with E-state index in [0.29, 0.717) is 12.2 Å². The first-order valence-corrected chi connectivity index (χ1v) is 9.30. The molecule has 0 spiro atoms. The van der Waals surface area contributed by atoms with E-state index in [-0.39, 0.29) is 5.56 Å². The van der Waals surface area contributed by atoms with Crippen molar-refractivity contribution in [3.63, 3.8) is 0 Å². The van der Waals surface area contributed by atoms with Gasteiger partial charge in [0.15, 0.2) is 0 Å². The maximum atomic E-state index is 12.4. The number of fused-ring (bicyclic) bond motifs is 1. The Hall–Kier alpha value is -4.06. The van der Waals surface area contributed by atoms with E-state index in [9.17, 15) is 4.79 Å². The van der Waals surface area contributed by atoms with Gasteiger partial charge >= 0.3 is 0 Å². The number of hydrogen-bond acceptors (Lipinski definition) is 4. The van der Waals surface area contributed by atoms with Gasteiger partial charge in [-0.3, -0.25) is 9.78 Å². The van der Waals surface area contributed by atoms with Crippen LogP contribution >= 0.6 is 0 Å². The molecule has 0 N–H and O–H groups in total. The molecule has 0 saturated carbocycles. The first kappa shape index (κ1) is 17.1. The van der Waals surface area contributed by atoms with Gasteiger partial charge in [-0.25, -0.2) is 9.20 Å². The number of nitrogens with zero attached hydrogens (tertiary/aromatic N) is 5. The largest absolute Gasteiger partial charge is 0.268 e. The Balaban J connectivity index is 1.70. The van der Waals surface area contributed by atoms with E-state index in [1.807, 2.05) is 71.4 Å². The summed E-state index contributed by atoms with van der Waals surface area (Å²) in [7, 11) is 0. The maximum Gasteiger partial charge on any atom is 0.267 e. The summed E-state index contributed by atoms with van der Waals surface area (Å²) in [4.78, 5) is 16.5. The lowest BCUT2D eigenvalue weighted by Gasteiger charge is -2.08. The van der Waals surface area contributed by atoms with Gasteiger partial charge in [-0.1, -0.05) is 36.4 Å². The summed E-state index contributed by atoms with van der Waals surface area (Å²) in [5.74, 6) is 0. The molecule has 0 aliphatic carbocycles. The average molecular weight is 379 g/mol. The molecule has 29 heavy (non-hydrogen) atoms. The molecule has 5 rings (SSSR count). The fourth-order valence-electron chi connectivity index (χ4n) is 3.41. The molecular formula is C23H17N5O. The van der Waals surface area contributed by atoms with E-state index in [1.165, 1.54) is 4.68 Å². The lowest BCUT2D eigenvalue weighted by atomic mass is 10.0. The van der Waals surface area contributed by atoms with Crippen molar-refractivity contribution in [2.24, 2.45) is 0 Å². The lowest BCUT2D eigenvalue weighted by molar-refractivity contribution is 0.642. The van der Waals surface area contributed by atoms with Gasteiger partial charge in [0.25, 0.3) is 5.56 Å². The van der Waals surface area contributed by atoms with Crippen molar-refractivity contribution < 1.29 is 0 Å². The summed E-state index contributed by atoms with van der Waals surface area (Å²) in [5.41, 5.74) is 5.20. The third-order valence-electron chi connectivity index (χ3n) is 4.79. The predicted octanol–water partition coefficient (Wildman–Crippen LogP) is 3.67. The van der Waals surface area contributed by atoms with E-state index >= 15 is 0 Å². The van der Waals surface area contributed by atoms with Crippen LogP contribution in [0, 0.1) is 0 Å². The summed E-state index contributed by atoms with van der Waals surface area (Å²) >= 11 is 0. The number of hydrogen-bond donors (Lipinski definition) is 0. The Kier molecular flexibility index (Phi) is 4.22. The maximum absolute atomic E-state index is 12.4. The molecule has 0 aliphatic heterocycles. The molecule has 0 aliphatic rings. The zero-order valence-corrected chi connectivity index (χ0v) is 15.5. The SMILES string of the molecule is O=c1ccc(-c2c(-c3ccccc3)nn3ccccc23)nn1Cc1ccncc1. The van der Waals surface area contributed by atoms with Gasteiger partial charge in [0, 0.05) is 30.2 Å². The van der Waals surface area contributed by atoms with Crippen molar-refractivity contribution in [1.82, 2.24) is 24.4 Å². The highest BCUT2D eigenvalue weighted by atomic mass is 16.1. The summed E-state index contributed by atoms with van der Waals surface area (Å²) in [6.07, 6.45) is 5.34. The minimum Gasteiger partial charge on any atom is -0.268 e. The molecule has 0 radical (unpaired) electrons. The molecule has 4 heterocycles. The van der Waals surface area contributed by atoms with Gasteiger partial charge in [0.05, 0.1) is 23.3 Å². The van der Waals surface area contributed by atoms with E-state index in [1.54, 1.807) is 24.5 Å². The number of pyridine rings is 2. The number of aromatic nitrogens is 5. The van der Waals surface area contributed by atoms with Gasteiger partial charge in [-0.2, -0.15) is 10.2 Å². The molecule has 5 aromatic rings.